The SMILES string of the molecule is CC(=O)Oc1c(Br)cc(C=Nn2c(-c3cccc(C(F)(F)F)c3)nc3ccccc3c2=O)cc1[N+](=O)[O-]. The molecule has 0 aliphatic heterocycles. The van der Waals surface area contributed by atoms with Crippen molar-refractivity contribution >= 4 is 44.7 Å². The Labute approximate surface area is 214 Å². The molecule has 4 rings (SSSR count). The van der Waals surface area contributed by atoms with Crippen LogP contribution in [0.25, 0.3) is 22.3 Å². The van der Waals surface area contributed by atoms with Gasteiger partial charge in [-0.1, -0.05) is 24.3 Å². The summed E-state index contributed by atoms with van der Waals surface area (Å²) in [5.74, 6) is -1.26. The van der Waals surface area contributed by atoms with Gasteiger partial charge in [0.05, 0.1) is 32.1 Å². The first-order valence-corrected chi connectivity index (χ1v) is 11.1. The highest BCUT2D eigenvalue weighted by Crippen LogP contribution is 2.36. The van der Waals surface area contributed by atoms with Gasteiger partial charge >= 0.3 is 17.8 Å². The number of carbonyl (C=O) groups is 1. The molecule has 0 fully saturated rings. The number of para-hydroxylation sites is 1. The van der Waals surface area contributed by atoms with Crippen LogP contribution in [0.3, 0.4) is 0 Å². The summed E-state index contributed by atoms with van der Waals surface area (Å²) >= 11 is 3.12. The molecule has 9 nitrogen and oxygen atoms in total. The van der Waals surface area contributed by atoms with Crippen LogP contribution in [0.4, 0.5) is 18.9 Å². The molecule has 3 aromatic carbocycles. The van der Waals surface area contributed by atoms with Gasteiger partial charge in [0.2, 0.25) is 5.75 Å². The van der Waals surface area contributed by atoms with Gasteiger partial charge in [-0.3, -0.25) is 19.7 Å². The van der Waals surface area contributed by atoms with Crippen molar-refractivity contribution in [3.8, 4) is 17.1 Å². The molecule has 0 saturated heterocycles. The number of fused-ring (bicyclic) bond motifs is 1. The summed E-state index contributed by atoms with van der Waals surface area (Å²) < 4.78 is 45.8. The molecule has 4 aromatic rings. The third-order valence-corrected chi connectivity index (χ3v) is 5.60. The summed E-state index contributed by atoms with van der Waals surface area (Å²) in [5.41, 5.74) is -1.80. The molecule has 0 spiro atoms. The zero-order valence-corrected chi connectivity index (χ0v) is 20.3. The van der Waals surface area contributed by atoms with Crippen molar-refractivity contribution in [2.24, 2.45) is 5.10 Å². The monoisotopic (exact) mass is 574 g/mol. The number of nitro benzene ring substituents is 1. The molecule has 1 heterocycles. The van der Waals surface area contributed by atoms with Crippen LogP contribution in [-0.4, -0.2) is 26.8 Å². The van der Waals surface area contributed by atoms with E-state index in [0.717, 1.165) is 36.0 Å². The molecule has 1 aromatic heterocycles. The van der Waals surface area contributed by atoms with Gasteiger partial charge in [0.25, 0.3) is 5.56 Å². The summed E-state index contributed by atoms with van der Waals surface area (Å²) in [5, 5.41) is 15.8. The standard InChI is InChI=1S/C24H14BrF3N4O5/c1-13(33)37-21-18(25)9-14(10-20(21)32(35)36)12-29-31-22(15-5-4-6-16(11-15)24(26,27)28)30-19-8-3-2-7-17(19)23(31)34/h2-12H,1H3. The summed E-state index contributed by atoms with van der Waals surface area (Å²) in [4.78, 5) is 39.7. The van der Waals surface area contributed by atoms with Gasteiger partial charge < -0.3 is 4.74 Å². The third kappa shape index (κ3) is 5.40. The first-order valence-electron chi connectivity index (χ1n) is 10.4. The second-order valence-corrected chi connectivity index (χ2v) is 8.45. The fraction of sp³-hybridized carbons (Fsp3) is 0.0833. The number of benzene rings is 3. The number of aromatic nitrogens is 2. The molecule has 0 N–H and O–H groups in total. The molecular formula is C24H14BrF3N4O5. The van der Waals surface area contributed by atoms with Crippen molar-refractivity contribution in [1.82, 2.24) is 9.66 Å². The van der Waals surface area contributed by atoms with Crippen molar-refractivity contribution in [3.63, 3.8) is 0 Å². The van der Waals surface area contributed by atoms with Crippen LogP contribution in [0, 0.1) is 10.1 Å². The molecule has 0 amide bonds. The molecule has 0 unspecified atom stereocenters. The highest BCUT2D eigenvalue weighted by atomic mass is 79.9. The van der Waals surface area contributed by atoms with Crippen LogP contribution >= 0.6 is 15.9 Å². The topological polar surface area (TPSA) is 117 Å². The largest absolute Gasteiger partial charge is 0.418 e. The van der Waals surface area contributed by atoms with Crippen LogP contribution < -0.4 is 10.3 Å². The fourth-order valence-corrected chi connectivity index (χ4v) is 3.98. The van der Waals surface area contributed by atoms with Gasteiger partial charge in [-0.25, -0.2) is 4.98 Å². The van der Waals surface area contributed by atoms with E-state index in [4.69, 9.17) is 4.74 Å². The maximum atomic E-state index is 13.3. The van der Waals surface area contributed by atoms with Crippen LogP contribution in [0.2, 0.25) is 0 Å². The molecule has 13 heteroatoms. The number of hydrogen-bond donors (Lipinski definition) is 0. The number of nitro groups is 1. The predicted molar refractivity (Wildman–Crippen MR) is 132 cm³/mol. The van der Waals surface area contributed by atoms with E-state index < -0.39 is 33.9 Å². The molecule has 0 aliphatic carbocycles. The number of carbonyl (C=O) groups excluding carboxylic acids is 1. The maximum Gasteiger partial charge on any atom is 0.416 e. The highest BCUT2D eigenvalue weighted by molar-refractivity contribution is 9.10. The minimum atomic E-state index is -4.63. The first-order chi connectivity index (χ1) is 17.5. The van der Waals surface area contributed by atoms with E-state index >= 15 is 0 Å². The first kappa shape index (κ1) is 25.7. The van der Waals surface area contributed by atoms with Crippen LogP contribution in [0.1, 0.15) is 18.1 Å². The summed E-state index contributed by atoms with van der Waals surface area (Å²) in [6.45, 7) is 1.08. The zero-order chi connectivity index (χ0) is 26.9. The quantitative estimate of drug-likeness (QED) is 0.101. The van der Waals surface area contributed by atoms with Crippen LogP contribution in [0.5, 0.6) is 5.75 Å². The summed E-state index contributed by atoms with van der Waals surface area (Å²) in [6.07, 6.45) is -3.53. The van der Waals surface area contributed by atoms with E-state index in [0.29, 0.717) is 0 Å². The molecule has 188 valence electrons. The van der Waals surface area contributed by atoms with Gasteiger partial charge in [-0.05, 0) is 46.3 Å². The molecule has 37 heavy (non-hydrogen) atoms. The van der Waals surface area contributed by atoms with E-state index in [1.807, 2.05) is 0 Å². The average Bonchev–Trinajstić information content (AvgIpc) is 2.84. The minimum absolute atomic E-state index is 0.0211. The molecule has 0 radical (unpaired) electrons. The number of rotatable bonds is 5. The van der Waals surface area contributed by atoms with Crippen molar-refractivity contribution in [2.45, 2.75) is 13.1 Å². The molecular weight excluding hydrogens is 561 g/mol. The Kier molecular flexibility index (Phi) is 6.90. The molecule has 0 aliphatic rings. The number of nitrogens with zero attached hydrogens (tertiary/aromatic N) is 4. The van der Waals surface area contributed by atoms with Gasteiger partial charge in [0.1, 0.15) is 0 Å². The van der Waals surface area contributed by atoms with Crippen molar-refractivity contribution in [3.05, 3.63) is 96.7 Å². The lowest BCUT2D eigenvalue weighted by atomic mass is 10.1. The van der Waals surface area contributed by atoms with Gasteiger partial charge in [-0.15, -0.1) is 0 Å². The fourth-order valence-electron chi connectivity index (χ4n) is 3.43. The Hall–Kier alpha value is -4.39. The molecule has 0 bridgehead atoms. The Morgan fingerprint density at radius 3 is 2.57 bits per heavy atom. The molecule has 0 atom stereocenters. The molecule has 0 saturated carbocycles. The second kappa shape index (κ2) is 9.93. The maximum absolute atomic E-state index is 13.3. The van der Waals surface area contributed by atoms with Crippen molar-refractivity contribution in [1.29, 1.82) is 0 Å². The number of ether oxygens (including phenoxy) is 1. The van der Waals surface area contributed by atoms with Crippen LogP contribution in [0.15, 0.2) is 75.0 Å². The Balaban J connectivity index is 1.91. The van der Waals surface area contributed by atoms with E-state index in [1.54, 1.807) is 12.1 Å². The summed E-state index contributed by atoms with van der Waals surface area (Å²) in [7, 11) is 0. The lowest BCUT2D eigenvalue weighted by molar-refractivity contribution is -0.385. The zero-order valence-electron chi connectivity index (χ0n) is 18.7. The van der Waals surface area contributed by atoms with Gasteiger partial charge in [0, 0.05) is 24.1 Å². The van der Waals surface area contributed by atoms with Crippen LogP contribution in [-0.2, 0) is 11.0 Å². The highest BCUT2D eigenvalue weighted by Gasteiger charge is 2.31. The number of hydrogen-bond acceptors (Lipinski definition) is 7. The van der Waals surface area contributed by atoms with E-state index in [2.05, 4.69) is 26.0 Å². The number of esters is 1. The number of alkyl halides is 3. The van der Waals surface area contributed by atoms with E-state index in [1.165, 1.54) is 30.3 Å². The second-order valence-electron chi connectivity index (χ2n) is 7.59. The third-order valence-electron chi connectivity index (χ3n) is 5.01. The Morgan fingerprint density at radius 2 is 1.89 bits per heavy atom. The number of halogens is 4. The predicted octanol–water partition coefficient (Wildman–Crippen LogP) is 5.56. The van der Waals surface area contributed by atoms with Gasteiger partial charge in [0.15, 0.2) is 5.82 Å². The normalized spacial score (nSPS) is 11.7. The van der Waals surface area contributed by atoms with E-state index in [-0.39, 0.29) is 38.1 Å². The van der Waals surface area contributed by atoms with Crippen molar-refractivity contribution < 1.29 is 27.6 Å². The lowest BCUT2D eigenvalue weighted by Crippen LogP contribution is -2.20. The van der Waals surface area contributed by atoms with Gasteiger partial charge in [-0.2, -0.15) is 22.9 Å². The minimum Gasteiger partial charge on any atom is -0.418 e. The summed E-state index contributed by atoms with van der Waals surface area (Å²) in [6, 6.07) is 12.9. The average molecular weight is 575 g/mol. The lowest BCUT2D eigenvalue weighted by Gasteiger charge is -2.12. The Morgan fingerprint density at radius 1 is 1.16 bits per heavy atom. The van der Waals surface area contributed by atoms with E-state index in [9.17, 15) is 32.9 Å². The van der Waals surface area contributed by atoms with Crippen molar-refractivity contribution in [2.75, 3.05) is 0 Å². The smallest absolute Gasteiger partial charge is 0.416 e. The Bertz CT molecular complexity index is 1650.